The summed E-state index contributed by atoms with van der Waals surface area (Å²) in [5.74, 6) is 1.01. The van der Waals surface area contributed by atoms with Gasteiger partial charge in [-0.15, -0.1) is 0 Å². The van der Waals surface area contributed by atoms with E-state index in [1.165, 1.54) is 57.8 Å². The van der Waals surface area contributed by atoms with Gasteiger partial charge in [-0.1, -0.05) is 64.7 Å². The highest BCUT2D eigenvalue weighted by Crippen LogP contribution is 2.20. The fourth-order valence-corrected chi connectivity index (χ4v) is 2.01. The summed E-state index contributed by atoms with van der Waals surface area (Å²) >= 11 is 0. The Balaban J connectivity index is 0.00000121. The summed E-state index contributed by atoms with van der Waals surface area (Å²) in [7, 11) is 0. The van der Waals surface area contributed by atoms with E-state index >= 15 is 0 Å². The molecule has 0 amide bonds. The maximum Gasteiger partial charge on any atom is -0.0443 e. The van der Waals surface area contributed by atoms with Crippen molar-refractivity contribution >= 4 is 0 Å². The van der Waals surface area contributed by atoms with Crippen LogP contribution in [0.3, 0.4) is 0 Å². The third kappa shape index (κ3) is 5.59. The van der Waals surface area contributed by atoms with Gasteiger partial charge in [-0.25, -0.2) is 0 Å². The summed E-state index contributed by atoms with van der Waals surface area (Å²) in [5.41, 5.74) is 0. The molecule has 1 heteroatoms. The highest BCUT2D eigenvalue weighted by Gasteiger charge is 2.03. The molecule has 74 valence electrons. The van der Waals surface area contributed by atoms with Gasteiger partial charge in [-0.05, 0) is 5.92 Å². The van der Waals surface area contributed by atoms with E-state index in [0.29, 0.717) is 0 Å². The van der Waals surface area contributed by atoms with Crippen molar-refractivity contribution < 1.29 is 5.48 Å². The van der Waals surface area contributed by atoms with E-state index in [1.807, 2.05) is 0 Å². The second kappa shape index (κ2) is 7.60. The molecule has 0 heterocycles. The van der Waals surface area contributed by atoms with Gasteiger partial charge in [-0.3, -0.25) is 0 Å². The molecule has 1 nitrogen and oxygen atoms in total. The van der Waals surface area contributed by atoms with E-state index in [9.17, 15) is 0 Å². The van der Waals surface area contributed by atoms with Gasteiger partial charge in [0.15, 0.2) is 0 Å². The number of hydrogen-bond acceptors (Lipinski definition) is 0. The molecule has 0 radical (unpaired) electrons. The van der Waals surface area contributed by atoms with Crippen LogP contribution in [0.15, 0.2) is 0 Å². The average Bonchev–Trinajstić information content (AvgIpc) is 2.03. The van der Waals surface area contributed by atoms with Gasteiger partial charge in [0.05, 0.1) is 0 Å². The summed E-state index contributed by atoms with van der Waals surface area (Å²) < 4.78 is 0. The third-order valence-corrected chi connectivity index (χ3v) is 2.89. The van der Waals surface area contributed by atoms with Crippen LogP contribution in [-0.2, 0) is 0 Å². The van der Waals surface area contributed by atoms with Crippen molar-refractivity contribution in [1.29, 1.82) is 0 Å². The van der Waals surface area contributed by atoms with Gasteiger partial charge in [0.25, 0.3) is 0 Å². The molecule has 0 aromatic carbocycles. The van der Waals surface area contributed by atoms with Crippen molar-refractivity contribution in [3.63, 3.8) is 0 Å². The number of hydrogen-bond donors (Lipinski definition) is 0. The van der Waals surface area contributed by atoms with Crippen LogP contribution in [0.25, 0.3) is 0 Å². The lowest BCUT2D eigenvalue weighted by atomic mass is 9.94. The Labute approximate surface area is 76.9 Å². The largest absolute Gasteiger partial charge is 0.412 e. The third-order valence-electron chi connectivity index (χ3n) is 2.89. The molecule has 1 fully saturated rings. The Kier molecular flexibility index (Phi) is 7.58. The lowest BCUT2D eigenvalue weighted by Crippen LogP contribution is -1.96. The van der Waals surface area contributed by atoms with Gasteiger partial charge < -0.3 is 5.48 Å². The van der Waals surface area contributed by atoms with Crippen LogP contribution >= 0.6 is 0 Å². The quantitative estimate of drug-likeness (QED) is 0.537. The zero-order valence-electron chi connectivity index (χ0n) is 8.44. The van der Waals surface area contributed by atoms with E-state index in [4.69, 9.17) is 0 Å². The minimum atomic E-state index is 0. The molecule has 0 saturated heterocycles. The second-order valence-corrected chi connectivity index (χ2v) is 4.16. The van der Waals surface area contributed by atoms with E-state index in [0.717, 1.165) is 5.92 Å². The van der Waals surface area contributed by atoms with Crippen LogP contribution in [0, 0.1) is 5.92 Å². The topological polar surface area (TPSA) is 31.5 Å². The highest BCUT2D eigenvalue weighted by atomic mass is 16.0. The molecule has 0 unspecified atom stereocenters. The fourth-order valence-electron chi connectivity index (χ4n) is 2.01. The lowest BCUT2D eigenvalue weighted by molar-refractivity contribution is 0.414. The smallest absolute Gasteiger partial charge is 0.0443 e. The average molecular weight is 172 g/mol. The molecule has 0 aliphatic heterocycles. The first kappa shape index (κ1) is 12.0. The monoisotopic (exact) mass is 172 g/mol. The van der Waals surface area contributed by atoms with Gasteiger partial charge in [0.2, 0.25) is 0 Å². The van der Waals surface area contributed by atoms with E-state index in [1.54, 1.807) is 0 Å². The fraction of sp³-hybridized carbons (Fsp3) is 1.00. The molecular formula is C11H24O. The first-order valence-electron chi connectivity index (χ1n) is 5.39. The number of rotatable bonds is 0. The van der Waals surface area contributed by atoms with Crippen LogP contribution in [0.2, 0.25) is 0 Å². The molecule has 12 heavy (non-hydrogen) atoms. The maximum atomic E-state index is 2.42. The molecule has 2 N–H and O–H groups in total. The van der Waals surface area contributed by atoms with Crippen LogP contribution in [0.1, 0.15) is 64.7 Å². The molecule has 0 atom stereocenters. The Bertz CT molecular complexity index is 81.0. The second-order valence-electron chi connectivity index (χ2n) is 4.16. The summed E-state index contributed by atoms with van der Waals surface area (Å²) in [4.78, 5) is 0. The van der Waals surface area contributed by atoms with E-state index in [-0.39, 0.29) is 5.48 Å². The van der Waals surface area contributed by atoms with Crippen molar-refractivity contribution in [3.8, 4) is 0 Å². The van der Waals surface area contributed by atoms with Gasteiger partial charge in [0, 0.05) is 0 Å². The summed E-state index contributed by atoms with van der Waals surface area (Å²) in [5, 5.41) is 0. The Morgan fingerprint density at radius 1 is 0.667 bits per heavy atom. The minimum Gasteiger partial charge on any atom is -0.412 e. The molecule has 0 bridgehead atoms. The molecule has 1 saturated carbocycles. The summed E-state index contributed by atoms with van der Waals surface area (Å²) in [6.45, 7) is 2.42. The van der Waals surface area contributed by atoms with Crippen LogP contribution in [-0.4, -0.2) is 5.48 Å². The predicted octanol–water partition coefficient (Wildman–Crippen LogP) is 3.32. The van der Waals surface area contributed by atoms with Crippen molar-refractivity contribution in [1.82, 2.24) is 0 Å². The first-order chi connectivity index (χ1) is 5.39. The molecule has 0 spiro atoms. The Morgan fingerprint density at radius 2 is 1.00 bits per heavy atom. The SMILES string of the molecule is CC1CCCCCCCCC1.O. The van der Waals surface area contributed by atoms with E-state index in [2.05, 4.69) is 6.92 Å². The Morgan fingerprint density at radius 3 is 1.42 bits per heavy atom. The summed E-state index contributed by atoms with van der Waals surface area (Å²) in [6, 6.07) is 0. The van der Waals surface area contributed by atoms with Gasteiger partial charge >= 0.3 is 0 Å². The molecule has 0 aromatic heterocycles. The van der Waals surface area contributed by atoms with Crippen LogP contribution in [0.4, 0.5) is 0 Å². The van der Waals surface area contributed by atoms with Crippen molar-refractivity contribution in [3.05, 3.63) is 0 Å². The molecule has 1 aliphatic rings. The van der Waals surface area contributed by atoms with Crippen molar-refractivity contribution in [2.45, 2.75) is 64.7 Å². The molecule has 1 rings (SSSR count). The zero-order valence-corrected chi connectivity index (χ0v) is 8.44. The van der Waals surface area contributed by atoms with Gasteiger partial charge in [0.1, 0.15) is 0 Å². The lowest BCUT2D eigenvalue weighted by Gasteiger charge is -2.12. The predicted molar refractivity (Wildman–Crippen MR) is 54.3 cm³/mol. The molecule has 0 aromatic rings. The van der Waals surface area contributed by atoms with Crippen LogP contribution < -0.4 is 0 Å². The standard InChI is InChI=1S/C11H22.H2O/c1-11-9-7-5-3-2-4-6-8-10-11;/h11H,2-10H2,1H3;1H2. The van der Waals surface area contributed by atoms with Crippen molar-refractivity contribution in [2.75, 3.05) is 0 Å². The first-order valence-corrected chi connectivity index (χ1v) is 5.39. The molecular weight excluding hydrogens is 148 g/mol. The van der Waals surface area contributed by atoms with Crippen molar-refractivity contribution in [2.24, 2.45) is 5.92 Å². The van der Waals surface area contributed by atoms with Gasteiger partial charge in [-0.2, -0.15) is 0 Å². The van der Waals surface area contributed by atoms with Crippen LogP contribution in [0.5, 0.6) is 0 Å². The Hall–Kier alpha value is -0.0400. The maximum absolute atomic E-state index is 2.42. The normalized spacial score (nSPS) is 22.8. The zero-order chi connectivity index (χ0) is 7.94. The summed E-state index contributed by atoms with van der Waals surface area (Å²) in [6.07, 6.45) is 13.4. The molecule has 1 aliphatic carbocycles. The minimum absolute atomic E-state index is 0. The highest BCUT2D eigenvalue weighted by molar-refractivity contribution is 4.57. The van der Waals surface area contributed by atoms with E-state index < -0.39 is 0 Å².